The fourth-order valence-electron chi connectivity index (χ4n) is 2.45. The van der Waals surface area contributed by atoms with Gasteiger partial charge in [-0.1, -0.05) is 18.2 Å². The van der Waals surface area contributed by atoms with E-state index in [1.54, 1.807) is 11.9 Å². The molecular formula is C14H19N3O3. The van der Waals surface area contributed by atoms with Crippen LogP contribution in [0.4, 0.5) is 5.69 Å². The Bertz CT molecular complexity index is 492. The standard InChI is InChI=1S/C14H19N3O3/c1-16(11-5-3-2-4-6-11)9-13(18)17-8-10(15)7-12(17)14(19)20/h2-6,10,12H,7-9,15H2,1H3,(H,19,20)/t10-,12-/m0/s1. The van der Waals surface area contributed by atoms with Crippen LogP contribution in [0.5, 0.6) is 0 Å². The third-order valence-electron chi connectivity index (χ3n) is 3.51. The van der Waals surface area contributed by atoms with Crippen molar-refractivity contribution >= 4 is 17.6 Å². The van der Waals surface area contributed by atoms with Gasteiger partial charge in [0.2, 0.25) is 5.91 Å². The number of nitrogens with zero attached hydrogens (tertiary/aromatic N) is 2. The van der Waals surface area contributed by atoms with Crippen molar-refractivity contribution in [3.05, 3.63) is 30.3 Å². The van der Waals surface area contributed by atoms with Gasteiger partial charge < -0.3 is 20.6 Å². The summed E-state index contributed by atoms with van der Waals surface area (Å²) in [6.45, 7) is 0.443. The molecule has 2 rings (SSSR count). The Balaban J connectivity index is 2.02. The molecule has 20 heavy (non-hydrogen) atoms. The van der Waals surface area contributed by atoms with Gasteiger partial charge >= 0.3 is 5.97 Å². The predicted octanol–water partition coefficient (Wildman–Crippen LogP) is 0.136. The maximum atomic E-state index is 12.3. The zero-order valence-electron chi connectivity index (χ0n) is 11.4. The Morgan fingerprint density at radius 2 is 2.05 bits per heavy atom. The number of rotatable bonds is 4. The molecule has 0 spiro atoms. The molecule has 0 unspecified atom stereocenters. The summed E-state index contributed by atoms with van der Waals surface area (Å²) in [5, 5.41) is 9.14. The lowest BCUT2D eigenvalue weighted by molar-refractivity contribution is -0.147. The summed E-state index contributed by atoms with van der Waals surface area (Å²) < 4.78 is 0. The molecule has 6 nitrogen and oxygen atoms in total. The van der Waals surface area contributed by atoms with E-state index in [1.807, 2.05) is 30.3 Å². The van der Waals surface area contributed by atoms with E-state index in [2.05, 4.69) is 0 Å². The number of carbonyl (C=O) groups excluding carboxylic acids is 1. The van der Waals surface area contributed by atoms with Crippen LogP contribution in [0.2, 0.25) is 0 Å². The fourth-order valence-corrected chi connectivity index (χ4v) is 2.45. The summed E-state index contributed by atoms with van der Waals surface area (Å²) >= 11 is 0. The molecule has 2 atom stereocenters. The molecule has 108 valence electrons. The van der Waals surface area contributed by atoms with Crippen molar-refractivity contribution in [2.45, 2.75) is 18.5 Å². The average molecular weight is 277 g/mol. The van der Waals surface area contributed by atoms with Gasteiger partial charge in [0.15, 0.2) is 0 Å². The summed E-state index contributed by atoms with van der Waals surface area (Å²) in [6, 6.07) is 8.42. The molecule has 0 bridgehead atoms. The molecule has 1 aliphatic heterocycles. The number of para-hydroxylation sites is 1. The number of carbonyl (C=O) groups is 2. The van der Waals surface area contributed by atoms with E-state index in [0.29, 0.717) is 13.0 Å². The third kappa shape index (κ3) is 3.08. The van der Waals surface area contributed by atoms with Crippen LogP contribution in [-0.4, -0.2) is 54.1 Å². The number of nitrogens with two attached hydrogens (primary N) is 1. The zero-order chi connectivity index (χ0) is 14.7. The minimum atomic E-state index is -0.992. The second-order valence-corrected chi connectivity index (χ2v) is 5.09. The SMILES string of the molecule is CN(CC(=O)N1C[C@@H](N)C[C@H]1C(=O)O)c1ccccc1. The molecule has 0 saturated carbocycles. The number of hydrogen-bond acceptors (Lipinski definition) is 4. The van der Waals surface area contributed by atoms with E-state index in [1.165, 1.54) is 4.90 Å². The molecule has 0 aliphatic carbocycles. The molecule has 1 saturated heterocycles. The Kier molecular flexibility index (Phi) is 4.24. The van der Waals surface area contributed by atoms with Crippen LogP contribution < -0.4 is 10.6 Å². The molecule has 1 aromatic carbocycles. The number of likely N-dealkylation sites (N-methyl/N-ethyl adjacent to an activating group) is 1. The van der Waals surface area contributed by atoms with Gasteiger partial charge in [-0.15, -0.1) is 0 Å². The molecule has 1 aromatic rings. The molecule has 1 aliphatic rings. The number of benzene rings is 1. The van der Waals surface area contributed by atoms with Crippen molar-refractivity contribution in [1.82, 2.24) is 4.90 Å². The number of aliphatic carboxylic acids is 1. The lowest BCUT2D eigenvalue weighted by Gasteiger charge is -2.25. The number of carboxylic acids is 1. The molecule has 1 heterocycles. The van der Waals surface area contributed by atoms with Gasteiger partial charge in [0.1, 0.15) is 6.04 Å². The molecular weight excluding hydrogens is 258 g/mol. The highest BCUT2D eigenvalue weighted by Crippen LogP contribution is 2.18. The lowest BCUT2D eigenvalue weighted by Crippen LogP contribution is -2.45. The first kappa shape index (κ1) is 14.3. The number of hydrogen-bond donors (Lipinski definition) is 2. The van der Waals surface area contributed by atoms with Crippen molar-refractivity contribution in [3.8, 4) is 0 Å². The van der Waals surface area contributed by atoms with Gasteiger partial charge in [0, 0.05) is 25.3 Å². The van der Waals surface area contributed by atoms with Crippen LogP contribution in [0.3, 0.4) is 0 Å². The smallest absolute Gasteiger partial charge is 0.326 e. The van der Waals surface area contributed by atoms with Crippen LogP contribution in [-0.2, 0) is 9.59 Å². The van der Waals surface area contributed by atoms with Crippen LogP contribution in [0.15, 0.2) is 30.3 Å². The average Bonchev–Trinajstić information content (AvgIpc) is 2.82. The van der Waals surface area contributed by atoms with Crippen LogP contribution >= 0.6 is 0 Å². The Labute approximate surface area is 117 Å². The van der Waals surface area contributed by atoms with E-state index in [-0.39, 0.29) is 18.5 Å². The van der Waals surface area contributed by atoms with E-state index in [9.17, 15) is 9.59 Å². The number of amides is 1. The number of anilines is 1. The number of likely N-dealkylation sites (tertiary alicyclic amines) is 1. The van der Waals surface area contributed by atoms with E-state index in [4.69, 9.17) is 10.8 Å². The predicted molar refractivity (Wildman–Crippen MR) is 75.4 cm³/mol. The first-order valence-electron chi connectivity index (χ1n) is 6.53. The highest BCUT2D eigenvalue weighted by atomic mass is 16.4. The third-order valence-corrected chi connectivity index (χ3v) is 3.51. The second-order valence-electron chi connectivity index (χ2n) is 5.09. The molecule has 1 amide bonds. The highest BCUT2D eigenvalue weighted by molar-refractivity contribution is 5.87. The second kappa shape index (κ2) is 5.92. The molecule has 3 N–H and O–H groups in total. The summed E-state index contributed by atoms with van der Waals surface area (Å²) in [5.74, 6) is -1.20. The summed E-state index contributed by atoms with van der Waals surface area (Å²) in [6.07, 6.45) is 0.316. The van der Waals surface area contributed by atoms with Crippen LogP contribution in [0.1, 0.15) is 6.42 Å². The van der Waals surface area contributed by atoms with Crippen molar-refractivity contribution in [2.24, 2.45) is 5.73 Å². The zero-order valence-corrected chi connectivity index (χ0v) is 11.4. The Morgan fingerprint density at radius 3 is 2.65 bits per heavy atom. The molecule has 0 radical (unpaired) electrons. The van der Waals surface area contributed by atoms with Crippen LogP contribution in [0, 0.1) is 0 Å². The topological polar surface area (TPSA) is 86.9 Å². The molecule has 6 heteroatoms. The maximum absolute atomic E-state index is 12.3. The van der Waals surface area contributed by atoms with Crippen molar-refractivity contribution < 1.29 is 14.7 Å². The molecule has 1 fully saturated rings. The largest absolute Gasteiger partial charge is 0.480 e. The normalized spacial score (nSPS) is 21.8. The van der Waals surface area contributed by atoms with Crippen molar-refractivity contribution in [3.63, 3.8) is 0 Å². The minimum Gasteiger partial charge on any atom is -0.480 e. The monoisotopic (exact) mass is 277 g/mol. The van der Waals surface area contributed by atoms with Gasteiger partial charge in [-0.3, -0.25) is 4.79 Å². The van der Waals surface area contributed by atoms with Gasteiger partial charge in [-0.05, 0) is 18.6 Å². The van der Waals surface area contributed by atoms with E-state index >= 15 is 0 Å². The Hall–Kier alpha value is -2.08. The van der Waals surface area contributed by atoms with Crippen molar-refractivity contribution in [1.29, 1.82) is 0 Å². The van der Waals surface area contributed by atoms with Gasteiger partial charge in [0.05, 0.1) is 6.54 Å². The number of carboxylic acid groups (broad SMARTS) is 1. The summed E-state index contributed by atoms with van der Waals surface area (Å²) in [5.41, 5.74) is 6.68. The van der Waals surface area contributed by atoms with Gasteiger partial charge in [0.25, 0.3) is 0 Å². The maximum Gasteiger partial charge on any atom is 0.326 e. The fraction of sp³-hybridized carbons (Fsp3) is 0.429. The van der Waals surface area contributed by atoms with E-state index < -0.39 is 12.0 Å². The first-order valence-corrected chi connectivity index (χ1v) is 6.53. The van der Waals surface area contributed by atoms with Gasteiger partial charge in [-0.25, -0.2) is 4.79 Å². The summed E-state index contributed by atoms with van der Waals surface area (Å²) in [4.78, 5) is 26.6. The summed E-state index contributed by atoms with van der Waals surface area (Å²) in [7, 11) is 1.80. The van der Waals surface area contributed by atoms with Gasteiger partial charge in [-0.2, -0.15) is 0 Å². The first-order chi connectivity index (χ1) is 9.49. The minimum absolute atomic E-state index is 0.139. The van der Waals surface area contributed by atoms with Crippen LogP contribution in [0.25, 0.3) is 0 Å². The quantitative estimate of drug-likeness (QED) is 0.817. The van der Waals surface area contributed by atoms with Crippen molar-refractivity contribution in [2.75, 3.05) is 25.0 Å². The lowest BCUT2D eigenvalue weighted by atomic mass is 10.2. The molecule has 0 aromatic heterocycles. The van der Waals surface area contributed by atoms with E-state index in [0.717, 1.165) is 5.69 Å². The highest BCUT2D eigenvalue weighted by Gasteiger charge is 2.38. The Morgan fingerprint density at radius 1 is 1.40 bits per heavy atom.